The highest BCUT2D eigenvalue weighted by atomic mass is 79.9. The topological polar surface area (TPSA) is 74.9 Å². The first-order chi connectivity index (χ1) is 22.1. The number of para-hydroxylation sites is 1. The fourth-order valence-electron chi connectivity index (χ4n) is 5.03. The fraction of sp³-hybridized carbons (Fsp3) is 0.250. The fourth-order valence-corrected chi connectivity index (χ4v) is 5.81. The van der Waals surface area contributed by atoms with Crippen molar-refractivity contribution in [2.24, 2.45) is 5.10 Å². The zero-order valence-electron chi connectivity index (χ0n) is 26.2. The van der Waals surface area contributed by atoms with Crippen LogP contribution in [0.15, 0.2) is 81.1 Å². The van der Waals surface area contributed by atoms with E-state index in [-0.39, 0.29) is 18.1 Å². The smallest absolute Gasteiger partial charge is 0.282 e. The summed E-state index contributed by atoms with van der Waals surface area (Å²) in [6.45, 7) is 11.2. The van der Waals surface area contributed by atoms with Gasteiger partial charge in [-0.3, -0.25) is 4.79 Å². The molecule has 1 aromatic heterocycles. The number of aromatic nitrogens is 2. The lowest BCUT2D eigenvalue weighted by Gasteiger charge is -2.18. The molecule has 0 atom stereocenters. The zero-order valence-corrected chi connectivity index (χ0v) is 29.3. The molecule has 10 heteroatoms. The van der Waals surface area contributed by atoms with Gasteiger partial charge in [0.2, 0.25) is 0 Å². The lowest BCUT2D eigenvalue weighted by Crippen LogP contribution is -2.21. The lowest BCUT2D eigenvalue weighted by atomic mass is 9.96. The van der Waals surface area contributed by atoms with Crippen molar-refractivity contribution in [3.63, 3.8) is 0 Å². The normalized spacial score (nSPS) is 11.5. The summed E-state index contributed by atoms with van der Waals surface area (Å²) in [6.07, 6.45) is 1.57. The molecule has 4 aromatic carbocycles. The van der Waals surface area contributed by atoms with E-state index in [1.807, 2.05) is 63.2 Å². The monoisotopic (exact) mass is 721 g/mol. The molecule has 0 aliphatic rings. The quantitative estimate of drug-likeness (QED) is 0.127. The third-order valence-corrected chi connectivity index (χ3v) is 9.03. The minimum absolute atomic E-state index is 0.181. The molecule has 1 heterocycles. The molecule has 0 fully saturated rings. The van der Waals surface area contributed by atoms with E-state index in [1.54, 1.807) is 30.5 Å². The molecule has 5 aromatic rings. The summed E-state index contributed by atoms with van der Waals surface area (Å²) in [5, 5.41) is 6.11. The molecular formula is C36H34BrCl2N3O4. The Balaban J connectivity index is 1.63. The summed E-state index contributed by atoms with van der Waals surface area (Å²) in [5.74, 6) is 2.24. The molecule has 238 valence electrons. The van der Waals surface area contributed by atoms with Crippen LogP contribution in [0.25, 0.3) is 22.3 Å². The van der Waals surface area contributed by atoms with Crippen LogP contribution in [0.5, 0.6) is 17.2 Å². The Morgan fingerprint density at radius 2 is 1.65 bits per heavy atom. The summed E-state index contributed by atoms with van der Waals surface area (Å²) in [6, 6.07) is 20.4. The molecule has 7 nitrogen and oxygen atoms in total. The molecule has 0 radical (unpaired) electrons. The number of halogens is 3. The minimum atomic E-state index is -0.300. The maximum absolute atomic E-state index is 14.0. The van der Waals surface area contributed by atoms with Crippen molar-refractivity contribution in [3.05, 3.63) is 114 Å². The van der Waals surface area contributed by atoms with Crippen molar-refractivity contribution >= 4 is 56.2 Å². The van der Waals surface area contributed by atoms with Crippen molar-refractivity contribution in [1.82, 2.24) is 9.66 Å². The summed E-state index contributed by atoms with van der Waals surface area (Å²) >= 11 is 16.5. The van der Waals surface area contributed by atoms with Crippen LogP contribution in [0.2, 0.25) is 10.0 Å². The van der Waals surface area contributed by atoms with Gasteiger partial charge in [-0.25, -0.2) is 4.98 Å². The van der Waals surface area contributed by atoms with Crippen molar-refractivity contribution in [2.75, 3.05) is 13.2 Å². The van der Waals surface area contributed by atoms with Gasteiger partial charge >= 0.3 is 0 Å². The largest absolute Gasteiger partial charge is 0.494 e. The van der Waals surface area contributed by atoms with Crippen molar-refractivity contribution in [3.8, 4) is 28.6 Å². The van der Waals surface area contributed by atoms with Gasteiger partial charge in [-0.15, -0.1) is 0 Å². The summed E-state index contributed by atoms with van der Waals surface area (Å²) in [4.78, 5) is 18.9. The predicted molar refractivity (Wildman–Crippen MR) is 191 cm³/mol. The molecule has 0 spiro atoms. The van der Waals surface area contributed by atoms with Crippen LogP contribution in [0.3, 0.4) is 0 Å². The maximum atomic E-state index is 14.0. The second-order valence-corrected chi connectivity index (χ2v) is 12.5. The van der Waals surface area contributed by atoms with Crippen LogP contribution in [-0.2, 0) is 6.61 Å². The van der Waals surface area contributed by atoms with E-state index in [0.717, 1.165) is 28.0 Å². The van der Waals surface area contributed by atoms with Crippen LogP contribution in [0.4, 0.5) is 0 Å². The van der Waals surface area contributed by atoms with E-state index in [0.29, 0.717) is 61.5 Å². The number of hydrogen-bond donors (Lipinski definition) is 0. The Hall–Kier alpha value is -3.85. The molecule has 0 bridgehead atoms. The lowest BCUT2D eigenvalue weighted by molar-refractivity contribution is 0.269. The van der Waals surface area contributed by atoms with E-state index in [1.165, 1.54) is 4.68 Å². The maximum Gasteiger partial charge on any atom is 0.282 e. The third kappa shape index (κ3) is 7.09. The van der Waals surface area contributed by atoms with E-state index >= 15 is 0 Å². The third-order valence-electron chi connectivity index (χ3n) is 7.34. The number of hydrogen-bond acceptors (Lipinski definition) is 6. The predicted octanol–water partition coefficient (Wildman–Crippen LogP) is 9.82. The standard InChI is InChI=1S/C36H34BrCl2N3O4/c1-6-44-30-16-22(5)28(18-27(30)21(3)4)35-41-29-11-9-8-10-26(29)36(43)42(35)40-19-24-17-31(45-7-2)34(33(39)32(24)37)46-20-23-12-14-25(38)15-13-23/h8-19,21H,6-7,20H2,1-5H3. The molecule has 5 rings (SSSR count). The van der Waals surface area contributed by atoms with Gasteiger partial charge in [0.05, 0.1) is 30.3 Å². The minimum Gasteiger partial charge on any atom is -0.494 e. The number of fused-ring (bicyclic) bond motifs is 1. The first-order valence-electron chi connectivity index (χ1n) is 15.0. The van der Waals surface area contributed by atoms with E-state index in [4.69, 9.17) is 47.5 Å². The van der Waals surface area contributed by atoms with Crippen molar-refractivity contribution in [1.29, 1.82) is 0 Å². The summed E-state index contributed by atoms with van der Waals surface area (Å²) in [5.41, 5.74) is 4.50. The van der Waals surface area contributed by atoms with Gasteiger partial charge in [-0.1, -0.05) is 61.3 Å². The van der Waals surface area contributed by atoms with Crippen LogP contribution in [-0.4, -0.2) is 29.1 Å². The van der Waals surface area contributed by atoms with Crippen LogP contribution in [0.1, 0.15) is 55.9 Å². The Morgan fingerprint density at radius 1 is 0.957 bits per heavy atom. The summed E-state index contributed by atoms with van der Waals surface area (Å²) in [7, 11) is 0. The molecule has 0 saturated heterocycles. The van der Waals surface area contributed by atoms with E-state index < -0.39 is 0 Å². The van der Waals surface area contributed by atoms with Gasteiger partial charge < -0.3 is 14.2 Å². The zero-order chi connectivity index (χ0) is 33.0. The van der Waals surface area contributed by atoms with Gasteiger partial charge in [0.25, 0.3) is 5.56 Å². The number of nitrogens with zero attached hydrogens (tertiary/aromatic N) is 3. The molecule has 0 aliphatic heterocycles. The van der Waals surface area contributed by atoms with E-state index in [2.05, 4.69) is 29.8 Å². The average molecular weight is 723 g/mol. The Kier molecular flexibility index (Phi) is 10.7. The second kappa shape index (κ2) is 14.7. The van der Waals surface area contributed by atoms with E-state index in [9.17, 15) is 4.79 Å². The molecular weight excluding hydrogens is 689 g/mol. The first kappa shape index (κ1) is 33.5. The number of aryl methyl sites for hydroxylation is 1. The summed E-state index contributed by atoms with van der Waals surface area (Å²) < 4.78 is 19.9. The highest BCUT2D eigenvalue weighted by molar-refractivity contribution is 9.10. The SMILES string of the molecule is CCOc1cc(C)c(-c2nc3ccccc3c(=O)n2N=Cc2cc(OCC)c(OCc3ccc(Cl)cc3)c(Cl)c2Br)cc1C(C)C. The molecule has 0 unspecified atom stereocenters. The van der Waals surface area contributed by atoms with Gasteiger partial charge in [0.15, 0.2) is 17.3 Å². The molecule has 0 N–H and O–H groups in total. The van der Waals surface area contributed by atoms with Crippen LogP contribution >= 0.6 is 39.1 Å². The Morgan fingerprint density at radius 3 is 2.35 bits per heavy atom. The van der Waals surface area contributed by atoms with Gasteiger partial charge in [0, 0.05) is 20.6 Å². The molecule has 0 aliphatic carbocycles. The Labute approximate surface area is 286 Å². The highest BCUT2D eigenvalue weighted by Gasteiger charge is 2.20. The van der Waals surface area contributed by atoms with Gasteiger partial charge in [-0.2, -0.15) is 9.78 Å². The first-order valence-corrected chi connectivity index (χ1v) is 16.5. The van der Waals surface area contributed by atoms with Crippen LogP contribution < -0.4 is 19.8 Å². The molecule has 0 amide bonds. The number of ether oxygens (including phenoxy) is 3. The average Bonchev–Trinajstić information content (AvgIpc) is 3.03. The van der Waals surface area contributed by atoms with Crippen LogP contribution in [0, 0.1) is 6.92 Å². The highest BCUT2D eigenvalue weighted by Crippen LogP contribution is 2.43. The van der Waals surface area contributed by atoms with Crippen molar-refractivity contribution in [2.45, 2.75) is 47.1 Å². The second-order valence-electron chi connectivity index (χ2n) is 10.9. The number of rotatable bonds is 11. The molecule has 46 heavy (non-hydrogen) atoms. The van der Waals surface area contributed by atoms with Gasteiger partial charge in [-0.05, 0) is 102 Å². The van der Waals surface area contributed by atoms with Crippen molar-refractivity contribution < 1.29 is 14.2 Å². The number of benzene rings is 4. The Bertz CT molecular complexity index is 1970. The molecule has 0 saturated carbocycles. The van der Waals surface area contributed by atoms with Gasteiger partial charge in [0.1, 0.15) is 17.4 Å².